The van der Waals surface area contributed by atoms with Crippen LogP contribution in [-0.4, -0.2) is 27.3 Å². The monoisotopic (exact) mass is 321 g/mol. The standard InChI is InChI=1S/C13H14F3NO3S/c1-2-21(18,19)17-8-3-4-9-20-12-7-5-6-11(10-12)13(14,15)16/h5-7,10,17H,2,8-9H2,1H3. The van der Waals surface area contributed by atoms with Gasteiger partial charge in [-0.15, -0.1) is 0 Å². The molecule has 0 aliphatic heterocycles. The average molecular weight is 321 g/mol. The lowest BCUT2D eigenvalue weighted by Crippen LogP contribution is -2.25. The van der Waals surface area contributed by atoms with Gasteiger partial charge in [-0.3, -0.25) is 0 Å². The van der Waals surface area contributed by atoms with Gasteiger partial charge < -0.3 is 4.74 Å². The van der Waals surface area contributed by atoms with E-state index in [1.165, 1.54) is 19.1 Å². The molecule has 0 spiro atoms. The lowest BCUT2D eigenvalue weighted by Gasteiger charge is -2.08. The Balaban J connectivity index is 2.47. The van der Waals surface area contributed by atoms with Crippen molar-refractivity contribution in [3.63, 3.8) is 0 Å². The fraction of sp³-hybridized carbons (Fsp3) is 0.385. The molecule has 21 heavy (non-hydrogen) atoms. The van der Waals surface area contributed by atoms with Gasteiger partial charge in [0.2, 0.25) is 10.0 Å². The smallest absolute Gasteiger partial charge is 0.416 e. The molecule has 0 radical (unpaired) electrons. The molecule has 0 atom stereocenters. The molecule has 0 aliphatic carbocycles. The number of sulfonamides is 1. The summed E-state index contributed by atoms with van der Waals surface area (Å²) >= 11 is 0. The Labute approximate surface area is 121 Å². The van der Waals surface area contributed by atoms with E-state index < -0.39 is 21.8 Å². The van der Waals surface area contributed by atoms with Gasteiger partial charge >= 0.3 is 6.18 Å². The van der Waals surface area contributed by atoms with E-state index in [1.807, 2.05) is 0 Å². The second kappa shape index (κ2) is 7.33. The molecule has 0 bridgehead atoms. The minimum Gasteiger partial charge on any atom is -0.481 e. The Morgan fingerprint density at radius 1 is 1.29 bits per heavy atom. The van der Waals surface area contributed by atoms with E-state index in [1.54, 1.807) is 0 Å². The molecule has 0 aliphatic rings. The van der Waals surface area contributed by atoms with Crippen molar-refractivity contribution >= 4 is 10.0 Å². The summed E-state index contributed by atoms with van der Waals surface area (Å²) in [6.07, 6.45) is -4.43. The molecule has 0 amide bonds. The van der Waals surface area contributed by atoms with Crippen LogP contribution >= 0.6 is 0 Å². The van der Waals surface area contributed by atoms with Crippen molar-refractivity contribution in [3.8, 4) is 17.6 Å². The van der Waals surface area contributed by atoms with Gasteiger partial charge in [0.1, 0.15) is 12.4 Å². The molecule has 0 fully saturated rings. The fourth-order valence-corrected chi connectivity index (χ4v) is 1.74. The van der Waals surface area contributed by atoms with Crippen LogP contribution in [0.1, 0.15) is 12.5 Å². The predicted octanol–water partition coefficient (Wildman–Crippen LogP) is 2.03. The van der Waals surface area contributed by atoms with E-state index in [2.05, 4.69) is 16.6 Å². The summed E-state index contributed by atoms with van der Waals surface area (Å²) < 4.78 is 66.8. The number of rotatable bonds is 5. The highest BCUT2D eigenvalue weighted by molar-refractivity contribution is 7.89. The van der Waals surface area contributed by atoms with Crippen LogP contribution in [0, 0.1) is 11.8 Å². The van der Waals surface area contributed by atoms with Crippen LogP contribution in [0.3, 0.4) is 0 Å². The maximum absolute atomic E-state index is 12.5. The molecule has 116 valence electrons. The minimum absolute atomic E-state index is 0.0462. The molecule has 1 aromatic carbocycles. The van der Waals surface area contributed by atoms with E-state index >= 15 is 0 Å². The minimum atomic E-state index is -4.43. The van der Waals surface area contributed by atoms with Crippen LogP contribution in [0.15, 0.2) is 24.3 Å². The molecule has 0 heterocycles. The maximum atomic E-state index is 12.5. The quantitative estimate of drug-likeness (QED) is 0.844. The zero-order valence-corrected chi connectivity index (χ0v) is 12.0. The lowest BCUT2D eigenvalue weighted by atomic mass is 10.2. The summed E-state index contributed by atoms with van der Waals surface area (Å²) in [4.78, 5) is 0. The van der Waals surface area contributed by atoms with Crippen molar-refractivity contribution in [1.29, 1.82) is 0 Å². The van der Waals surface area contributed by atoms with Crippen molar-refractivity contribution in [3.05, 3.63) is 29.8 Å². The van der Waals surface area contributed by atoms with Gasteiger partial charge in [0, 0.05) is 0 Å². The first kappa shape index (κ1) is 17.3. The van der Waals surface area contributed by atoms with Crippen LogP contribution in [0.2, 0.25) is 0 Å². The second-order valence-electron chi connectivity index (χ2n) is 3.89. The molecular formula is C13H14F3NO3S. The van der Waals surface area contributed by atoms with E-state index in [0.717, 1.165) is 12.1 Å². The third-order valence-electron chi connectivity index (χ3n) is 2.36. The van der Waals surface area contributed by atoms with Gasteiger partial charge in [0.25, 0.3) is 0 Å². The molecular weight excluding hydrogens is 307 g/mol. The first-order valence-corrected chi connectivity index (χ1v) is 7.63. The van der Waals surface area contributed by atoms with Crippen LogP contribution in [-0.2, 0) is 16.2 Å². The normalized spacial score (nSPS) is 11.6. The first-order valence-electron chi connectivity index (χ1n) is 5.98. The van der Waals surface area contributed by atoms with Crippen molar-refractivity contribution in [1.82, 2.24) is 4.72 Å². The molecule has 0 unspecified atom stereocenters. The summed E-state index contributed by atoms with van der Waals surface area (Å²) in [5.74, 6) is 5.01. The van der Waals surface area contributed by atoms with E-state index in [0.29, 0.717) is 0 Å². The largest absolute Gasteiger partial charge is 0.481 e. The lowest BCUT2D eigenvalue weighted by molar-refractivity contribution is -0.137. The van der Waals surface area contributed by atoms with Gasteiger partial charge in [0.05, 0.1) is 17.9 Å². The number of nitrogens with one attached hydrogen (secondary N) is 1. The fourth-order valence-electron chi connectivity index (χ4n) is 1.24. The van der Waals surface area contributed by atoms with Crippen LogP contribution in [0.5, 0.6) is 5.75 Å². The zero-order valence-electron chi connectivity index (χ0n) is 11.2. The van der Waals surface area contributed by atoms with E-state index in [9.17, 15) is 21.6 Å². The Morgan fingerprint density at radius 3 is 2.62 bits per heavy atom. The molecule has 0 aromatic heterocycles. The molecule has 1 N–H and O–H groups in total. The molecule has 8 heteroatoms. The van der Waals surface area contributed by atoms with E-state index in [4.69, 9.17) is 4.74 Å². The van der Waals surface area contributed by atoms with Crippen LogP contribution in [0.25, 0.3) is 0 Å². The molecule has 1 aromatic rings. The van der Waals surface area contributed by atoms with Crippen molar-refractivity contribution in [2.75, 3.05) is 18.9 Å². The first-order chi connectivity index (χ1) is 9.74. The van der Waals surface area contributed by atoms with Crippen molar-refractivity contribution < 1.29 is 26.3 Å². The molecule has 4 nitrogen and oxygen atoms in total. The Bertz CT molecular complexity index is 630. The number of hydrogen-bond donors (Lipinski definition) is 1. The molecule has 0 saturated heterocycles. The van der Waals surface area contributed by atoms with Crippen molar-refractivity contribution in [2.45, 2.75) is 13.1 Å². The Hall–Kier alpha value is -1.72. The highest BCUT2D eigenvalue weighted by atomic mass is 32.2. The highest BCUT2D eigenvalue weighted by Crippen LogP contribution is 2.31. The van der Waals surface area contributed by atoms with Gasteiger partial charge in [-0.2, -0.15) is 13.2 Å². The van der Waals surface area contributed by atoms with Crippen molar-refractivity contribution in [2.24, 2.45) is 0 Å². The van der Waals surface area contributed by atoms with Gasteiger partial charge in [-0.1, -0.05) is 17.9 Å². The molecule has 0 saturated carbocycles. The Kier molecular flexibility index (Phi) is 6.05. The number of halogens is 3. The van der Waals surface area contributed by atoms with Gasteiger partial charge in [-0.05, 0) is 25.1 Å². The van der Waals surface area contributed by atoms with Crippen LogP contribution in [0.4, 0.5) is 13.2 Å². The topological polar surface area (TPSA) is 55.4 Å². The maximum Gasteiger partial charge on any atom is 0.416 e. The number of hydrogen-bond acceptors (Lipinski definition) is 3. The zero-order chi connectivity index (χ0) is 15.9. The summed E-state index contributed by atoms with van der Waals surface area (Å²) in [7, 11) is -3.30. The summed E-state index contributed by atoms with van der Waals surface area (Å²) in [5, 5.41) is 0. The summed E-state index contributed by atoms with van der Waals surface area (Å²) in [6.45, 7) is 1.30. The SMILES string of the molecule is CCS(=O)(=O)NCC#CCOc1cccc(C(F)(F)F)c1. The highest BCUT2D eigenvalue weighted by Gasteiger charge is 2.30. The Morgan fingerprint density at radius 2 is 2.00 bits per heavy atom. The third-order valence-corrected chi connectivity index (χ3v) is 3.70. The third kappa shape index (κ3) is 6.51. The number of alkyl halides is 3. The summed E-state index contributed by atoms with van der Waals surface area (Å²) in [6, 6.07) is 4.44. The van der Waals surface area contributed by atoms with Gasteiger partial charge in [0.15, 0.2) is 0 Å². The predicted molar refractivity (Wildman–Crippen MR) is 72.2 cm³/mol. The number of ether oxygens (including phenoxy) is 1. The van der Waals surface area contributed by atoms with E-state index in [-0.39, 0.29) is 24.7 Å². The number of benzene rings is 1. The average Bonchev–Trinajstić information content (AvgIpc) is 2.42. The second-order valence-corrected chi connectivity index (χ2v) is 5.99. The van der Waals surface area contributed by atoms with Gasteiger partial charge in [-0.25, -0.2) is 13.1 Å². The summed E-state index contributed by atoms with van der Waals surface area (Å²) in [5.41, 5.74) is -0.802. The van der Waals surface area contributed by atoms with Crippen LogP contribution < -0.4 is 9.46 Å². The molecule has 1 rings (SSSR count).